The molecule has 29 heavy (non-hydrogen) atoms. The quantitative estimate of drug-likeness (QED) is 0.683. The van der Waals surface area contributed by atoms with E-state index in [9.17, 15) is 9.59 Å². The lowest BCUT2D eigenvalue weighted by atomic mass is 10.1. The highest BCUT2D eigenvalue weighted by atomic mass is 32.1. The number of benzene rings is 1. The van der Waals surface area contributed by atoms with Gasteiger partial charge in [0, 0.05) is 10.4 Å². The molecule has 2 amide bonds. The molecule has 1 unspecified atom stereocenters. The summed E-state index contributed by atoms with van der Waals surface area (Å²) in [5, 5.41) is 12.6. The van der Waals surface area contributed by atoms with Gasteiger partial charge in [0.15, 0.2) is 6.10 Å². The number of carbonyl (C=O) groups excluding carboxylic acids is 2. The summed E-state index contributed by atoms with van der Waals surface area (Å²) >= 11 is 2.90. The molecule has 1 aliphatic rings. The van der Waals surface area contributed by atoms with Crippen molar-refractivity contribution in [1.82, 2.24) is 15.2 Å². The van der Waals surface area contributed by atoms with Gasteiger partial charge in [-0.2, -0.15) is 0 Å². The summed E-state index contributed by atoms with van der Waals surface area (Å²) in [7, 11) is 0. The number of fused-ring (bicyclic) bond motifs is 1. The largest absolute Gasteiger partial charge is 0.479 e. The molecule has 150 valence electrons. The average molecular weight is 430 g/mol. The molecule has 1 atom stereocenters. The number of rotatable bonds is 4. The van der Waals surface area contributed by atoms with Gasteiger partial charge in [0.2, 0.25) is 11.0 Å². The second kappa shape index (κ2) is 7.53. The SMILES string of the molecule is Cc1nnc(NC(=O)CN2C(=O)C(C)Oc3ccc(-c4nc(C)sc4C)cc32)s1. The number of amides is 2. The molecule has 0 radical (unpaired) electrons. The van der Waals surface area contributed by atoms with Gasteiger partial charge in [0.05, 0.1) is 16.4 Å². The molecule has 3 aromatic rings. The van der Waals surface area contributed by atoms with Crippen molar-refractivity contribution in [3.05, 3.63) is 33.1 Å². The van der Waals surface area contributed by atoms with Gasteiger partial charge >= 0.3 is 0 Å². The molecule has 0 fully saturated rings. The molecule has 2 aromatic heterocycles. The van der Waals surface area contributed by atoms with Gasteiger partial charge in [0.1, 0.15) is 17.3 Å². The van der Waals surface area contributed by atoms with Gasteiger partial charge in [-0.15, -0.1) is 21.5 Å². The van der Waals surface area contributed by atoms with E-state index in [1.807, 2.05) is 32.0 Å². The molecule has 3 heterocycles. The molecule has 1 N–H and O–H groups in total. The first-order valence-corrected chi connectivity index (χ1v) is 10.6. The summed E-state index contributed by atoms with van der Waals surface area (Å²) in [6.07, 6.45) is -0.673. The number of aromatic nitrogens is 3. The van der Waals surface area contributed by atoms with E-state index in [2.05, 4.69) is 20.5 Å². The normalized spacial score (nSPS) is 15.8. The van der Waals surface area contributed by atoms with Crippen LogP contribution in [0.3, 0.4) is 0 Å². The number of hydrogen-bond acceptors (Lipinski definition) is 8. The molecule has 0 spiro atoms. The van der Waals surface area contributed by atoms with Crippen molar-refractivity contribution in [1.29, 1.82) is 0 Å². The Labute approximate surface area is 175 Å². The zero-order valence-electron chi connectivity index (χ0n) is 16.3. The van der Waals surface area contributed by atoms with E-state index in [1.54, 1.807) is 25.2 Å². The van der Waals surface area contributed by atoms with E-state index in [1.165, 1.54) is 16.2 Å². The fraction of sp³-hybridized carbons (Fsp3) is 0.316. The van der Waals surface area contributed by atoms with Gasteiger partial charge in [-0.3, -0.25) is 19.8 Å². The van der Waals surface area contributed by atoms with Crippen LogP contribution < -0.4 is 15.0 Å². The van der Waals surface area contributed by atoms with Crippen molar-refractivity contribution in [3.8, 4) is 17.0 Å². The fourth-order valence-electron chi connectivity index (χ4n) is 3.16. The van der Waals surface area contributed by atoms with Crippen LogP contribution in [0.2, 0.25) is 0 Å². The number of nitrogens with zero attached hydrogens (tertiary/aromatic N) is 4. The summed E-state index contributed by atoms with van der Waals surface area (Å²) in [5.74, 6) is -0.0601. The molecule has 1 aliphatic heterocycles. The molecule has 0 bridgehead atoms. The summed E-state index contributed by atoms with van der Waals surface area (Å²) in [4.78, 5) is 32.5. The van der Waals surface area contributed by atoms with E-state index in [4.69, 9.17) is 4.74 Å². The maximum Gasteiger partial charge on any atom is 0.268 e. The molecule has 1 aromatic carbocycles. The second-order valence-electron chi connectivity index (χ2n) is 6.68. The van der Waals surface area contributed by atoms with Crippen molar-refractivity contribution < 1.29 is 14.3 Å². The van der Waals surface area contributed by atoms with Crippen LogP contribution in [0.5, 0.6) is 5.75 Å². The summed E-state index contributed by atoms with van der Waals surface area (Å²) in [6.45, 7) is 7.31. The first-order chi connectivity index (χ1) is 13.8. The van der Waals surface area contributed by atoms with Crippen LogP contribution in [0.15, 0.2) is 18.2 Å². The number of anilines is 2. The number of ether oxygens (including phenoxy) is 1. The standard InChI is InChI=1S/C19H19N5O3S2/c1-9-18(26)24(8-16(25)21-19-23-22-12(4)29-19)14-7-13(5-6-15(14)27-9)17-10(2)28-11(3)20-17/h5-7,9H,8H2,1-4H3,(H,21,23,25). The maximum absolute atomic E-state index is 12.8. The van der Waals surface area contributed by atoms with Crippen molar-refractivity contribution in [2.45, 2.75) is 33.8 Å². The Kier molecular flexibility index (Phi) is 5.05. The second-order valence-corrected chi connectivity index (χ2v) is 9.27. The zero-order valence-corrected chi connectivity index (χ0v) is 18.0. The van der Waals surface area contributed by atoms with Crippen LogP contribution in [-0.4, -0.2) is 39.6 Å². The Balaban J connectivity index is 1.65. The number of carbonyl (C=O) groups is 2. The Morgan fingerprint density at radius 1 is 1.21 bits per heavy atom. The third-order valence-electron chi connectivity index (χ3n) is 4.42. The molecule has 10 heteroatoms. The molecular weight excluding hydrogens is 410 g/mol. The number of aryl methyl sites for hydroxylation is 3. The Bertz CT molecular complexity index is 1110. The molecule has 0 aliphatic carbocycles. The highest BCUT2D eigenvalue weighted by molar-refractivity contribution is 7.15. The topological polar surface area (TPSA) is 97.3 Å². The van der Waals surface area contributed by atoms with Crippen LogP contribution in [0.4, 0.5) is 10.8 Å². The Morgan fingerprint density at radius 3 is 2.66 bits per heavy atom. The lowest BCUT2D eigenvalue weighted by Gasteiger charge is -2.32. The minimum Gasteiger partial charge on any atom is -0.479 e. The van der Waals surface area contributed by atoms with Crippen molar-refractivity contribution in [2.75, 3.05) is 16.8 Å². The lowest BCUT2D eigenvalue weighted by molar-refractivity contribution is -0.127. The summed E-state index contributed by atoms with van der Waals surface area (Å²) in [5.41, 5.74) is 2.30. The zero-order chi connectivity index (χ0) is 20.7. The Morgan fingerprint density at radius 2 is 2.00 bits per heavy atom. The van der Waals surface area contributed by atoms with Crippen LogP contribution in [0, 0.1) is 20.8 Å². The third kappa shape index (κ3) is 3.85. The molecule has 8 nitrogen and oxygen atoms in total. The first kappa shape index (κ1) is 19.5. The smallest absolute Gasteiger partial charge is 0.268 e. The van der Waals surface area contributed by atoms with E-state index in [0.29, 0.717) is 16.6 Å². The maximum atomic E-state index is 12.8. The van der Waals surface area contributed by atoms with Gasteiger partial charge in [-0.05, 0) is 45.9 Å². The highest BCUT2D eigenvalue weighted by Crippen LogP contribution is 2.38. The van der Waals surface area contributed by atoms with Crippen molar-refractivity contribution >= 4 is 45.3 Å². The van der Waals surface area contributed by atoms with Gasteiger partial charge in [-0.25, -0.2) is 4.98 Å². The van der Waals surface area contributed by atoms with E-state index >= 15 is 0 Å². The van der Waals surface area contributed by atoms with Crippen molar-refractivity contribution in [2.24, 2.45) is 0 Å². The minimum atomic E-state index is -0.673. The minimum absolute atomic E-state index is 0.142. The summed E-state index contributed by atoms with van der Waals surface area (Å²) < 4.78 is 5.74. The predicted molar refractivity (Wildman–Crippen MR) is 113 cm³/mol. The predicted octanol–water partition coefficient (Wildman–Crippen LogP) is 3.34. The fourth-order valence-corrected chi connectivity index (χ4v) is 4.61. The van der Waals surface area contributed by atoms with Crippen LogP contribution >= 0.6 is 22.7 Å². The van der Waals surface area contributed by atoms with Gasteiger partial charge in [0.25, 0.3) is 5.91 Å². The summed E-state index contributed by atoms with van der Waals surface area (Å²) in [6, 6.07) is 5.59. The van der Waals surface area contributed by atoms with Gasteiger partial charge in [-0.1, -0.05) is 11.3 Å². The number of nitrogens with one attached hydrogen (secondary N) is 1. The third-order valence-corrected chi connectivity index (χ3v) is 6.06. The average Bonchev–Trinajstić information content (AvgIpc) is 3.22. The van der Waals surface area contributed by atoms with Crippen molar-refractivity contribution in [3.63, 3.8) is 0 Å². The first-order valence-electron chi connectivity index (χ1n) is 8.98. The molecule has 0 saturated heterocycles. The molecule has 4 rings (SSSR count). The molecule has 0 saturated carbocycles. The van der Waals surface area contributed by atoms with E-state index < -0.39 is 6.10 Å². The number of hydrogen-bond donors (Lipinski definition) is 1. The highest BCUT2D eigenvalue weighted by Gasteiger charge is 2.33. The van der Waals surface area contributed by atoms with Crippen LogP contribution in [0.25, 0.3) is 11.3 Å². The van der Waals surface area contributed by atoms with Crippen LogP contribution in [0.1, 0.15) is 21.8 Å². The monoisotopic (exact) mass is 429 g/mol. The van der Waals surface area contributed by atoms with Gasteiger partial charge < -0.3 is 4.74 Å². The van der Waals surface area contributed by atoms with E-state index in [-0.39, 0.29) is 18.4 Å². The Hall–Kier alpha value is -2.85. The molecular formula is C19H19N5O3S2. The van der Waals surface area contributed by atoms with Crippen LogP contribution in [-0.2, 0) is 9.59 Å². The van der Waals surface area contributed by atoms with E-state index in [0.717, 1.165) is 26.1 Å². The number of thiazole rings is 1. The lowest BCUT2D eigenvalue weighted by Crippen LogP contribution is -2.47.